The summed E-state index contributed by atoms with van der Waals surface area (Å²) < 4.78 is 2.65. The van der Waals surface area contributed by atoms with E-state index in [9.17, 15) is 0 Å². The van der Waals surface area contributed by atoms with Gasteiger partial charge in [0.05, 0.1) is 5.69 Å². The van der Waals surface area contributed by atoms with E-state index in [2.05, 4.69) is 62.2 Å². The molecule has 0 aliphatic carbocycles. The predicted octanol–water partition coefficient (Wildman–Crippen LogP) is 4.32. The molecule has 0 spiro atoms. The second-order valence-electron chi connectivity index (χ2n) is 4.65. The number of hydrogen-bond acceptors (Lipinski definition) is 2. The van der Waals surface area contributed by atoms with Gasteiger partial charge in [-0.3, -0.25) is 0 Å². The molecule has 1 saturated heterocycles. The molecule has 4 heteroatoms. The Bertz CT molecular complexity index is 483. The van der Waals surface area contributed by atoms with Gasteiger partial charge in [0.1, 0.15) is 5.84 Å². The maximum absolute atomic E-state index is 4.88. The Labute approximate surface area is 129 Å². The molecule has 1 aromatic carbocycles. The summed E-state index contributed by atoms with van der Waals surface area (Å²) in [6.45, 7) is 2.24. The number of rotatable bonds is 0. The van der Waals surface area contributed by atoms with Gasteiger partial charge in [-0.15, -0.1) is 0 Å². The fourth-order valence-electron chi connectivity index (χ4n) is 2.52. The summed E-state index contributed by atoms with van der Waals surface area (Å²) in [4.78, 5) is 7.36. The van der Waals surface area contributed by atoms with Gasteiger partial charge in [-0.1, -0.05) is 6.42 Å². The summed E-state index contributed by atoms with van der Waals surface area (Å²) in [5, 5.41) is 0. The first-order valence-corrected chi connectivity index (χ1v) is 8.20. The van der Waals surface area contributed by atoms with Gasteiger partial charge in [-0.2, -0.15) is 0 Å². The Balaban J connectivity index is 2.05. The Morgan fingerprint density at radius 1 is 1.12 bits per heavy atom. The lowest BCUT2D eigenvalue weighted by Crippen LogP contribution is -2.32. The summed E-state index contributed by atoms with van der Waals surface area (Å²) >= 11 is 4.82. The fourth-order valence-corrected chi connectivity index (χ4v) is 4.51. The van der Waals surface area contributed by atoms with Crippen molar-refractivity contribution in [2.45, 2.75) is 32.2 Å². The van der Waals surface area contributed by atoms with Gasteiger partial charge in [-0.05, 0) is 70.2 Å². The second kappa shape index (κ2) is 5.03. The lowest BCUT2D eigenvalue weighted by molar-refractivity contribution is 0.402. The molecule has 0 atom stereocenters. The van der Waals surface area contributed by atoms with Gasteiger partial charge in [0.15, 0.2) is 0 Å². The Morgan fingerprint density at radius 3 is 2.88 bits per heavy atom. The third-order valence-electron chi connectivity index (χ3n) is 3.43. The van der Waals surface area contributed by atoms with Crippen LogP contribution in [0.4, 0.5) is 5.69 Å². The van der Waals surface area contributed by atoms with Crippen molar-refractivity contribution in [3.63, 3.8) is 0 Å². The van der Waals surface area contributed by atoms with Crippen molar-refractivity contribution in [2.24, 2.45) is 4.99 Å². The molecule has 2 heterocycles. The number of aliphatic imine (C=N–C) groups is 1. The Hall–Kier alpha value is 0.150. The van der Waals surface area contributed by atoms with Crippen LogP contribution in [0.5, 0.6) is 0 Å². The van der Waals surface area contributed by atoms with Crippen LogP contribution in [0.3, 0.4) is 0 Å². The molecular weight excluding hydrogens is 438 g/mol. The molecule has 0 N–H and O–H groups in total. The Morgan fingerprint density at radius 2 is 2.00 bits per heavy atom. The van der Waals surface area contributed by atoms with Gasteiger partial charge in [0, 0.05) is 32.2 Å². The topological polar surface area (TPSA) is 15.6 Å². The highest BCUT2D eigenvalue weighted by Gasteiger charge is 2.22. The van der Waals surface area contributed by atoms with Crippen molar-refractivity contribution in [1.29, 1.82) is 0 Å². The second-order valence-corrected chi connectivity index (χ2v) is 7.05. The van der Waals surface area contributed by atoms with Crippen LogP contribution in [0.2, 0.25) is 0 Å². The zero-order chi connectivity index (χ0) is 11.8. The van der Waals surface area contributed by atoms with Crippen LogP contribution in [0, 0.1) is 7.14 Å². The standard InChI is InChI=1S/C13H14I2N2/c14-9-6-11(15)10-8-17-5-3-1-2-4-13(17)16-12(10)7-9/h6-7H,1-5,8H2. The van der Waals surface area contributed by atoms with Crippen LogP contribution in [-0.2, 0) is 6.54 Å². The molecule has 3 rings (SSSR count). The fraction of sp³-hybridized carbons (Fsp3) is 0.462. The number of benzene rings is 1. The van der Waals surface area contributed by atoms with Crippen LogP contribution >= 0.6 is 45.2 Å². The van der Waals surface area contributed by atoms with E-state index in [1.54, 1.807) is 0 Å². The van der Waals surface area contributed by atoms with Crippen molar-refractivity contribution < 1.29 is 0 Å². The SMILES string of the molecule is Ic1cc(I)c2c(c1)N=C1CCCCCN1C2. The first kappa shape index (κ1) is 12.2. The quantitative estimate of drug-likeness (QED) is 0.536. The molecule has 0 radical (unpaired) electrons. The smallest absolute Gasteiger partial charge is 0.105 e. The average Bonchev–Trinajstić information content (AvgIpc) is 2.51. The van der Waals surface area contributed by atoms with E-state index in [1.165, 1.54) is 50.0 Å². The summed E-state index contributed by atoms with van der Waals surface area (Å²) in [5.41, 5.74) is 2.62. The minimum absolute atomic E-state index is 1.06. The molecule has 2 aliphatic heterocycles. The molecule has 0 bridgehead atoms. The average molecular weight is 452 g/mol. The van der Waals surface area contributed by atoms with Crippen LogP contribution in [0.15, 0.2) is 17.1 Å². The van der Waals surface area contributed by atoms with Gasteiger partial charge in [0.2, 0.25) is 0 Å². The monoisotopic (exact) mass is 452 g/mol. The van der Waals surface area contributed by atoms with Crippen LogP contribution < -0.4 is 0 Å². The molecular formula is C13H14I2N2. The highest BCUT2D eigenvalue weighted by Crippen LogP contribution is 2.33. The number of halogens is 2. The highest BCUT2D eigenvalue weighted by molar-refractivity contribution is 14.1. The normalized spacial score (nSPS) is 19.2. The van der Waals surface area contributed by atoms with Crippen LogP contribution in [0.1, 0.15) is 31.2 Å². The molecule has 17 heavy (non-hydrogen) atoms. The predicted molar refractivity (Wildman–Crippen MR) is 87.8 cm³/mol. The van der Waals surface area contributed by atoms with Gasteiger partial charge in [0.25, 0.3) is 0 Å². The third kappa shape index (κ3) is 2.47. The van der Waals surface area contributed by atoms with Crippen molar-refractivity contribution >= 4 is 56.7 Å². The lowest BCUT2D eigenvalue weighted by Gasteiger charge is -2.29. The van der Waals surface area contributed by atoms with Gasteiger partial charge < -0.3 is 4.90 Å². The third-order valence-corrected chi connectivity index (χ3v) is 5.01. The molecule has 1 fully saturated rings. The van der Waals surface area contributed by atoms with Gasteiger partial charge in [-0.25, -0.2) is 4.99 Å². The van der Waals surface area contributed by atoms with E-state index < -0.39 is 0 Å². The van der Waals surface area contributed by atoms with Gasteiger partial charge >= 0.3 is 0 Å². The molecule has 0 aromatic heterocycles. The number of amidine groups is 1. The molecule has 90 valence electrons. The summed E-state index contributed by atoms with van der Waals surface area (Å²) in [7, 11) is 0. The summed E-state index contributed by atoms with van der Waals surface area (Å²) in [6.07, 6.45) is 5.11. The molecule has 2 nitrogen and oxygen atoms in total. The van der Waals surface area contributed by atoms with Crippen molar-refractivity contribution in [1.82, 2.24) is 4.90 Å². The molecule has 0 unspecified atom stereocenters. The summed E-state index contributed by atoms with van der Waals surface area (Å²) in [6, 6.07) is 4.46. The maximum Gasteiger partial charge on any atom is 0.105 e. The van der Waals surface area contributed by atoms with Crippen LogP contribution in [-0.4, -0.2) is 17.3 Å². The number of nitrogens with zero attached hydrogens (tertiary/aromatic N) is 2. The first-order valence-electron chi connectivity index (χ1n) is 6.04. The van der Waals surface area contributed by atoms with Crippen molar-refractivity contribution in [2.75, 3.05) is 6.54 Å². The lowest BCUT2D eigenvalue weighted by atomic mass is 10.1. The molecule has 1 aromatic rings. The zero-order valence-electron chi connectivity index (χ0n) is 9.55. The minimum Gasteiger partial charge on any atom is -0.356 e. The largest absolute Gasteiger partial charge is 0.356 e. The van der Waals surface area contributed by atoms with E-state index >= 15 is 0 Å². The minimum atomic E-state index is 1.06. The Kier molecular flexibility index (Phi) is 3.61. The number of hydrogen-bond donors (Lipinski definition) is 0. The molecule has 2 aliphatic rings. The molecule has 0 amide bonds. The van der Waals surface area contributed by atoms with Crippen LogP contribution in [0.25, 0.3) is 0 Å². The highest BCUT2D eigenvalue weighted by atomic mass is 127. The van der Waals surface area contributed by atoms with E-state index in [0.29, 0.717) is 0 Å². The number of fused-ring (bicyclic) bond motifs is 2. The maximum atomic E-state index is 4.88. The van der Waals surface area contributed by atoms with Crippen molar-refractivity contribution in [3.8, 4) is 0 Å². The van der Waals surface area contributed by atoms with E-state index in [0.717, 1.165) is 13.0 Å². The van der Waals surface area contributed by atoms with E-state index in [4.69, 9.17) is 4.99 Å². The zero-order valence-corrected chi connectivity index (χ0v) is 13.9. The van der Waals surface area contributed by atoms with E-state index in [-0.39, 0.29) is 0 Å². The summed E-state index contributed by atoms with van der Waals surface area (Å²) in [5.74, 6) is 1.31. The van der Waals surface area contributed by atoms with E-state index in [1.807, 2.05) is 0 Å². The molecule has 0 saturated carbocycles. The van der Waals surface area contributed by atoms with Crippen molar-refractivity contribution in [3.05, 3.63) is 24.8 Å². The first-order chi connectivity index (χ1) is 8.24.